The number of amides is 1. The van der Waals surface area contributed by atoms with Crippen molar-refractivity contribution >= 4 is 6.09 Å². The zero-order valence-electron chi connectivity index (χ0n) is 14.5. The van der Waals surface area contributed by atoms with Crippen LogP contribution in [0.3, 0.4) is 0 Å². The summed E-state index contributed by atoms with van der Waals surface area (Å²) in [4.78, 5) is 13.5. The minimum absolute atomic E-state index is 0.164. The minimum Gasteiger partial charge on any atom is -0.444 e. The summed E-state index contributed by atoms with van der Waals surface area (Å²) >= 11 is 0. The highest BCUT2D eigenvalue weighted by Crippen LogP contribution is 2.31. The number of halogens is 1. The molecule has 0 spiro atoms. The van der Waals surface area contributed by atoms with Gasteiger partial charge in [0, 0.05) is 19.6 Å². The molecule has 1 aliphatic rings. The fourth-order valence-corrected chi connectivity index (χ4v) is 2.82. The number of rotatable bonds is 5. The van der Waals surface area contributed by atoms with E-state index in [1.807, 2.05) is 26.8 Å². The third-order valence-electron chi connectivity index (χ3n) is 3.95. The van der Waals surface area contributed by atoms with E-state index >= 15 is 0 Å². The molecule has 0 saturated heterocycles. The first kappa shape index (κ1) is 17.7. The molecular formula is C18H27FN2O2. The number of carbonyl (C=O) groups excluding carboxylic acids is 1. The normalized spacial score (nSPS) is 17.0. The van der Waals surface area contributed by atoms with Crippen molar-refractivity contribution in [3.8, 4) is 0 Å². The van der Waals surface area contributed by atoms with Gasteiger partial charge in [-0.15, -0.1) is 0 Å². The van der Waals surface area contributed by atoms with Crippen LogP contribution in [-0.2, 0) is 11.2 Å². The van der Waals surface area contributed by atoms with E-state index < -0.39 is 5.60 Å². The molecule has 2 rings (SSSR count). The summed E-state index contributed by atoms with van der Waals surface area (Å²) in [6.45, 7) is 7.04. The van der Waals surface area contributed by atoms with Gasteiger partial charge < -0.3 is 15.0 Å². The Labute approximate surface area is 138 Å². The Morgan fingerprint density at radius 1 is 1.43 bits per heavy atom. The summed E-state index contributed by atoms with van der Waals surface area (Å²) in [6, 6.07) is 5.32. The van der Waals surface area contributed by atoms with Crippen LogP contribution in [0.25, 0.3) is 0 Å². The number of nitrogens with one attached hydrogen (secondary N) is 1. The Morgan fingerprint density at radius 3 is 2.87 bits per heavy atom. The monoisotopic (exact) mass is 322 g/mol. The van der Waals surface area contributed by atoms with Crippen LogP contribution in [0, 0.1) is 5.82 Å². The Kier molecular flexibility index (Phi) is 5.63. The van der Waals surface area contributed by atoms with Gasteiger partial charge in [-0.1, -0.05) is 6.07 Å². The van der Waals surface area contributed by atoms with Crippen LogP contribution >= 0.6 is 0 Å². The Morgan fingerprint density at radius 2 is 2.17 bits per heavy atom. The fourth-order valence-electron chi connectivity index (χ4n) is 2.82. The molecule has 0 fully saturated rings. The molecule has 1 aromatic rings. The predicted octanol–water partition coefficient (Wildman–Crippen LogP) is 3.66. The number of fused-ring (bicyclic) bond motifs is 1. The summed E-state index contributed by atoms with van der Waals surface area (Å²) in [5.74, 6) is -0.164. The number of benzene rings is 1. The highest BCUT2D eigenvalue weighted by Gasteiger charge is 2.22. The Balaban J connectivity index is 1.72. The molecule has 0 heterocycles. The van der Waals surface area contributed by atoms with E-state index in [2.05, 4.69) is 5.32 Å². The minimum atomic E-state index is -0.466. The van der Waals surface area contributed by atoms with Crippen LogP contribution in [-0.4, -0.2) is 36.7 Å². The van der Waals surface area contributed by atoms with E-state index in [-0.39, 0.29) is 18.0 Å². The molecule has 5 heteroatoms. The van der Waals surface area contributed by atoms with Crippen molar-refractivity contribution in [3.05, 3.63) is 35.1 Å². The number of carbonyl (C=O) groups is 1. The average Bonchev–Trinajstić information content (AvgIpc) is 2.83. The van der Waals surface area contributed by atoms with Gasteiger partial charge in [-0.05, 0) is 69.8 Å². The van der Waals surface area contributed by atoms with Gasteiger partial charge in [0.1, 0.15) is 11.4 Å². The molecular weight excluding hydrogens is 295 g/mol. The van der Waals surface area contributed by atoms with Crippen molar-refractivity contribution in [2.24, 2.45) is 0 Å². The molecule has 1 aliphatic carbocycles. The summed E-state index contributed by atoms with van der Waals surface area (Å²) < 4.78 is 18.5. The molecule has 1 unspecified atom stereocenters. The molecule has 0 bridgehead atoms. The van der Waals surface area contributed by atoms with Crippen LogP contribution in [0.4, 0.5) is 9.18 Å². The smallest absolute Gasteiger partial charge is 0.410 e. The summed E-state index contributed by atoms with van der Waals surface area (Å²) in [5, 5.41) is 3.50. The van der Waals surface area contributed by atoms with Crippen molar-refractivity contribution < 1.29 is 13.9 Å². The lowest BCUT2D eigenvalue weighted by molar-refractivity contribution is 0.0297. The largest absolute Gasteiger partial charge is 0.444 e. The third-order valence-corrected chi connectivity index (χ3v) is 3.95. The van der Waals surface area contributed by atoms with Crippen molar-refractivity contribution in [3.63, 3.8) is 0 Å². The van der Waals surface area contributed by atoms with E-state index in [1.165, 1.54) is 11.6 Å². The van der Waals surface area contributed by atoms with Crippen molar-refractivity contribution in [2.75, 3.05) is 20.1 Å². The standard InChI is InChI=1S/C18H27FN2O2/c1-18(2,3)23-17(22)21(4)11-5-10-20-16-9-6-13-12-14(19)7-8-15(13)16/h7-8,12,16,20H,5-6,9-11H2,1-4H3. The molecule has 4 nitrogen and oxygen atoms in total. The second-order valence-electron chi connectivity index (χ2n) is 7.14. The number of aryl methyl sites for hydroxylation is 1. The predicted molar refractivity (Wildman–Crippen MR) is 88.9 cm³/mol. The maximum Gasteiger partial charge on any atom is 0.410 e. The van der Waals surface area contributed by atoms with E-state index in [9.17, 15) is 9.18 Å². The maximum absolute atomic E-state index is 13.2. The van der Waals surface area contributed by atoms with Gasteiger partial charge in [0.2, 0.25) is 0 Å². The molecule has 0 aliphatic heterocycles. The average molecular weight is 322 g/mol. The second kappa shape index (κ2) is 7.30. The van der Waals surface area contributed by atoms with Gasteiger partial charge >= 0.3 is 6.09 Å². The highest BCUT2D eigenvalue weighted by molar-refractivity contribution is 5.67. The summed E-state index contributed by atoms with van der Waals surface area (Å²) in [6.07, 6.45) is 2.48. The number of hydrogen-bond acceptors (Lipinski definition) is 3. The van der Waals surface area contributed by atoms with Crippen molar-refractivity contribution in [1.29, 1.82) is 0 Å². The van der Waals surface area contributed by atoms with Gasteiger partial charge in [-0.3, -0.25) is 0 Å². The van der Waals surface area contributed by atoms with Crippen LogP contribution in [0.2, 0.25) is 0 Å². The molecule has 0 aromatic heterocycles. The van der Waals surface area contributed by atoms with Crippen LogP contribution in [0.1, 0.15) is 50.8 Å². The molecule has 0 radical (unpaired) electrons. The molecule has 1 aromatic carbocycles. The number of hydrogen-bond donors (Lipinski definition) is 1. The van der Waals surface area contributed by atoms with E-state index in [4.69, 9.17) is 4.74 Å². The number of nitrogens with zero attached hydrogens (tertiary/aromatic N) is 1. The molecule has 0 saturated carbocycles. The van der Waals surface area contributed by atoms with Gasteiger partial charge in [0.25, 0.3) is 0 Å². The maximum atomic E-state index is 13.2. The van der Waals surface area contributed by atoms with E-state index in [1.54, 1.807) is 18.0 Å². The SMILES string of the molecule is CN(CCCNC1CCc2cc(F)ccc21)C(=O)OC(C)(C)C. The van der Waals surface area contributed by atoms with Crippen molar-refractivity contribution in [1.82, 2.24) is 10.2 Å². The zero-order chi connectivity index (χ0) is 17.0. The summed E-state index contributed by atoms with van der Waals surface area (Å²) in [5.41, 5.74) is 1.84. The van der Waals surface area contributed by atoms with Gasteiger partial charge in [0.15, 0.2) is 0 Å². The van der Waals surface area contributed by atoms with E-state index in [0.717, 1.165) is 31.4 Å². The second-order valence-corrected chi connectivity index (χ2v) is 7.14. The first-order valence-corrected chi connectivity index (χ1v) is 8.22. The lowest BCUT2D eigenvalue weighted by atomic mass is 10.1. The van der Waals surface area contributed by atoms with Crippen molar-refractivity contribution in [2.45, 2.75) is 51.7 Å². The third kappa shape index (κ3) is 5.20. The lowest BCUT2D eigenvalue weighted by Crippen LogP contribution is -2.35. The Bertz CT molecular complexity index is 554. The van der Waals surface area contributed by atoms with Crippen LogP contribution < -0.4 is 5.32 Å². The molecule has 128 valence electrons. The lowest BCUT2D eigenvalue weighted by Gasteiger charge is -2.24. The molecule has 1 N–H and O–H groups in total. The molecule has 23 heavy (non-hydrogen) atoms. The van der Waals surface area contributed by atoms with Gasteiger partial charge in [-0.2, -0.15) is 0 Å². The Hall–Kier alpha value is -1.62. The molecule has 1 amide bonds. The first-order valence-electron chi connectivity index (χ1n) is 8.22. The van der Waals surface area contributed by atoms with Crippen LogP contribution in [0.5, 0.6) is 0 Å². The highest BCUT2D eigenvalue weighted by atomic mass is 19.1. The fraction of sp³-hybridized carbons (Fsp3) is 0.611. The van der Waals surface area contributed by atoms with Gasteiger partial charge in [-0.25, -0.2) is 9.18 Å². The number of ether oxygens (including phenoxy) is 1. The molecule has 1 atom stereocenters. The van der Waals surface area contributed by atoms with E-state index in [0.29, 0.717) is 6.54 Å². The quantitative estimate of drug-likeness (QED) is 0.841. The summed E-state index contributed by atoms with van der Waals surface area (Å²) in [7, 11) is 1.75. The first-order chi connectivity index (χ1) is 10.8. The topological polar surface area (TPSA) is 41.6 Å². The van der Waals surface area contributed by atoms with Crippen LogP contribution in [0.15, 0.2) is 18.2 Å². The zero-order valence-corrected chi connectivity index (χ0v) is 14.5. The van der Waals surface area contributed by atoms with Gasteiger partial charge in [0.05, 0.1) is 0 Å².